The normalized spacial score (nSPS) is 14.6. The maximum absolute atomic E-state index is 12.5. The molecule has 2 N–H and O–H groups in total. The summed E-state index contributed by atoms with van der Waals surface area (Å²) in [6.45, 7) is 0. The Morgan fingerprint density at radius 3 is 2.28 bits per heavy atom. The summed E-state index contributed by atoms with van der Waals surface area (Å²) < 4.78 is 42.3. The number of rotatable bonds is 2. The van der Waals surface area contributed by atoms with Crippen LogP contribution in [-0.4, -0.2) is 33.6 Å². The number of ketones is 2. The summed E-state index contributed by atoms with van der Waals surface area (Å²) in [7, 11) is 1.21. The number of pyridine rings is 1. The SMILES string of the molecule is COC1=C(N)C(=O)c2nc(-c3cnc(C(F)(F)F)nc3)ccc2C1=O. The number of fused-ring (bicyclic) bond motifs is 1. The molecule has 0 spiro atoms. The van der Waals surface area contributed by atoms with Crippen LogP contribution in [0.4, 0.5) is 13.2 Å². The van der Waals surface area contributed by atoms with Crippen LogP contribution in [0, 0.1) is 0 Å². The van der Waals surface area contributed by atoms with Gasteiger partial charge in [-0.1, -0.05) is 0 Å². The van der Waals surface area contributed by atoms with Crippen LogP contribution >= 0.6 is 0 Å². The highest BCUT2D eigenvalue weighted by Crippen LogP contribution is 2.28. The zero-order valence-corrected chi connectivity index (χ0v) is 12.6. The van der Waals surface area contributed by atoms with Crippen molar-refractivity contribution in [2.24, 2.45) is 5.73 Å². The lowest BCUT2D eigenvalue weighted by molar-refractivity contribution is -0.144. The molecular formula is C15H9F3N4O3. The van der Waals surface area contributed by atoms with Crippen LogP contribution in [0.15, 0.2) is 36.0 Å². The number of carbonyl (C=O) groups is 2. The van der Waals surface area contributed by atoms with E-state index in [1.807, 2.05) is 0 Å². The number of hydrogen-bond donors (Lipinski definition) is 1. The van der Waals surface area contributed by atoms with E-state index in [0.29, 0.717) is 0 Å². The third-order valence-electron chi connectivity index (χ3n) is 3.46. The lowest BCUT2D eigenvalue weighted by Gasteiger charge is -2.17. The van der Waals surface area contributed by atoms with Gasteiger partial charge in [0.05, 0.1) is 18.4 Å². The summed E-state index contributed by atoms with van der Waals surface area (Å²) >= 11 is 0. The number of methoxy groups -OCH3 is 1. The summed E-state index contributed by atoms with van der Waals surface area (Å²) in [6, 6.07) is 2.69. The van der Waals surface area contributed by atoms with E-state index in [0.717, 1.165) is 12.4 Å². The molecule has 0 saturated heterocycles. The maximum Gasteiger partial charge on any atom is 0.451 e. The maximum atomic E-state index is 12.5. The quantitative estimate of drug-likeness (QED) is 0.879. The fraction of sp³-hybridized carbons (Fsp3) is 0.133. The Labute approximate surface area is 138 Å². The lowest BCUT2D eigenvalue weighted by Crippen LogP contribution is -2.28. The molecule has 0 saturated carbocycles. The molecule has 1 aliphatic rings. The molecule has 0 bridgehead atoms. The Morgan fingerprint density at radius 2 is 1.72 bits per heavy atom. The van der Waals surface area contributed by atoms with E-state index in [4.69, 9.17) is 10.5 Å². The van der Waals surface area contributed by atoms with Gasteiger partial charge in [0.25, 0.3) is 0 Å². The molecule has 25 heavy (non-hydrogen) atoms. The van der Waals surface area contributed by atoms with Crippen LogP contribution < -0.4 is 5.73 Å². The van der Waals surface area contributed by atoms with Gasteiger partial charge in [0.1, 0.15) is 11.4 Å². The lowest BCUT2D eigenvalue weighted by atomic mass is 9.95. The van der Waals surface area contributed by atoms with E-state index in [1.54, 1.807) is 0 Å². The van der Waals surface area contributed by atoms with Gasteiger partial charge in [-0.2, -0.15) is 13.2 Å². The molecule has 7 nitrogen and oxygen atoms in total. The van der Waals surface area contributed by atoms with Crippen molar-refractivity contribution in [3.8, 4) is 11.3 Å². The van der Waals surface area contributed by atoms with Gasteiger partial charge in [0, 0.05) is 18.0 Å². The van der Waals surface area contributed by atoms with Gasteiger partial charge in [-0.25, -0.2) is 15.0 Å². The van der Waals surface area contributed by atoms with Gasteiger partial charge in [-0.15, -0.1) is 0 Å². The van der Waals surface area contributed by atoms with Crippen molar-refractivity contribution in [2.45, 2.75) is 6.18 Å². The molecule has 128 valence electrons. The van der Waals surface area contributed by atoms with E-state index in [2.05, 4.69) is 15.0 Å². The molecule has 0 atom stereocenters. The van der Waals surface area contributed by atoms with E-state index >= 15 is 0 Å². The number of carbonyl (C=O) groups excluding carboxylic acids is 2. The number of nitrogens with two attached hydrogens (primary N) is 1. The Balaban J connectivity index is 2.04. The number of Topliss-reactive ketones (excluding diaryl/α,β-unsaturated/α-hetero) is 2. The molecule has 0 radical (unpaired) electrons. The second-order valence-electron chi connectivity index (χ2n) is 4.99. The second-order valence-corrected chi connectivity index (χ2v) is 4.99. The van der Waals surface area contributed by atoms with Gasteiger partial charge in [0.15, 0.2) is 5.76 Å². The number of nitrogens with zero attached hydrogens (tertiary/aromatic N) is 3. The average molecular weight is 350 g/mol. The smallest absolute Gasteiger partial charge is 0.451 e. The first-order valence-electron chi connectivity index (χ1n) is 6.78. The Morgan fingerprint density at radius 1 is 1.08 bits per heavy atom. The fourth-order valence-electron chi connectivity index (χ4n) is 2.26. The fourth-order valence-corrected chi connectivity index (χ4v) is 2.26. The van der Waals surface area contributed by atoms with Gasteiger partial charge in [-0.05, 0) is 12.1 Å². The molecule has 2 aromatic heterocycles. The van der Waals surface area contributed by atoms with E-state index < -0.39 is 23.6 Å². The molecule has 1 aliphatic carbocycles. The molecule has 0 aromatic carbocycles. The van der Waals surface area contributed by atoms with Crippen LogP contribution in [0.3, 0.4) is 0 Å². The Hall–Kier alpha value is -3.30. The highest BCUT2D eigenvalue weighted by atomic mass is 19.4. The monoisotopic (exact) mass is 350 g/mol. The standard InChI is InChI=1S/C15H9F3N4O3/c1-25-13-9(19)12(24)10-7(11(13)23)2-3-8(22-10)6-4-20-14(21-5-6)15(16,17)18/h2-5H,19H2,1H3. The Kier molecular flexibility index (Phi) is 3.74. The zero-order chi connectivity index (χ0) is 18.4. The van der Waals surface area contributed by atoms with Crippen LogP contribution in [0.25, 0.3) is 11.3 Å². The number of aromatic nitrogens is 3. The molecule has 3 rings (SSSR count). The van der Waals surface area contributed by atoms with E-state index in [-0.39, 0.29) is 34.0 Å². The van der Waals surface area contributed by atoms with Gasteiger partial charge in [-0.3, -0.25) is 9.59 Å². The molecule has 10 heteroatoms. The van der Waals surface area contributed by atoms with E-state index in [1.165, 1.54) is 19.2 Å². The van der Waals surface area contributed by atoms with Gasteiger partial charge < -0.3 is 10.5 Å². The number of ether oxygens (including phenoxy) is 1. The first-order chi connectivity index (χ1) is 11.7. The first-order valence-corrected chi connectivity index (χ1v) is 6.78. The second kappa shape index (κ2) is 5.65. The molecule has 0 unspecified atom stereocenters. The summed E-state index contributed by atoms with van der Waals surface area (Å²) in [4.78, 5) is 34.9. The number of allylic oxidation sites excluding steroid dienone is 2. The highest BCUT2D eigenvalue weighted by molar-refractivity contribution is 6.25. The third-order valence-corrected chi connectivity index (χ3v) is 3.46. The molecule has 0 fully saturated rings. The summed E-state index contributed by atoms with van der Waals surface area (Å²) in [5.74, 6) is -2.87. The summed E-state index contributed by atoms with van der Waals surface area (Å²) in [5, 5.41) is 0. The van der Waals surface area contributed by atoms with Crippen LogP contribution in [0.2, 0.25) is 0 Å². The van der Waals surface area contributed by atoms with Crippen molar-refractivity contribution in [3.05, 3.63) is 53.1 Å². The minimum Gasteiger partial charge on any atom is -0.491 e. The Bertz CT molecular complexity index is 921. The predicted molar refractivity (Wildman–Crippen MR) is 77.1 cm³/mol. The van der Waals surface area contributed by atoms with Crippen molar-refractivity contribution in [3.63, 3.8) is 0 Å². The third kappa shape index (κ3) is 2.71. The summed E-state index contributed by atoms with van der Waals surface area (Å²) in [6.07, 6.45) is -2.81. The van der Waals surface area contributed by atoms with Crippen molar-refractivity contribution in [1.29, 1.82) is 0 Å². The van der Waals surface area contributed by atoms with Gasteiger partial charge >= 0.3 is 6.18 Å². The highest BCUT2D eigenvalue weighted by Gasteiger charge is 2.35. The van der Waals surface area contributed by atoms with Crippen molar-refractivity contribution < 1.29 is 27.5 Å². The predicted octanol–water partition coefficient (Wildman–Crippen LogP) is 1.75. The van der Waals surface area contributed by atoms with Crippen LogP contribution in [-0.2, 0) is 10.9 Å². The topological polar surface area (TPSA) is 108 Å². The number of halogens is 3. The van der Waals surface area contributed by atoms with Crippen molar-refractivity contribution in [1.82, 2.24) is 15.0 Å². The first kappa shape index (κ1) is 16.6. The van der Waals surface area contributed by atoms with Gasteiger partial charge in [0.2, 0.25) is 17.4 Å². The molecular weight excluding hydrogens is 341 g/mol. The van der Waals surface area contributed by atoms with Crippen molar-refractivity contribution >= 4 is 11.6 Å². The van der Waals surface area contributed by atoms with E-state index in [9.17, 15) is 22.8 Å². The zero-order valence-electron chi connectivity index (χ0n) is 12.6. The molecule has 0 amide bonds. The largest absolute Gasteiger partial charge is 0.491 e. The van der Waals surface area contributed by atoms with Crippen LogP contribution in [0.1, 0.15) is 26.7 Å². The van der Waals surface area contributed by atoms with Crippen molar-refractivity contribution in [2.75, 3.05) is 7.11 Å². The number of hydrogen-bond acceptors (Lipinski definition) is 7. The minimum absolute atomic E-state index is 0.00682. The molecule has 0 aliphatic heterocycles. The average Bonchev–Trinajstić information content (AvgIpc) is 2.59. The minimum atomic E-state index is -4.67. The molecule has 2 heterocycles. The summed E-state index contributed by atoms with van der Waals surface area (Å²) in [5.41, 5.74) is 5.27. The molecule has 2 aromatic rings. The number of alkyl halides is 3. The van der Waals surface area contributed by atoms with Crippen LogP contribution in [0.5, 0.6) is 0 Å².